The summed E-state index contributed by atoms with van der Waals surface area (Å²) in [7, 11) is 1.58. The number of aromatic nitrogens is 2. The molecule has 0 fully saturated rings. The first-order chi connectivity index (χ1) is 11.6. The van der Waals surface area contributed by atoms with Crippen LogP contribution in [0.5, 0.6) is 5.75 Å². The molecule has 0 radical (unpaired) electrons. The lowest BCUT2D eigenvalue weighted by Crippen LogP contribution is -2.16. The highest BCUT2D eigenvalue weighted by Gasteiger charge is 2.14. The van der Waals surface area contributed by atoms with E-state index in [2.05, 4.69) is 10.2 Å². The molecule has 0 saturated heterocycles. The smallest absolute Gasteiger partial charge is 0.272 e. The van der Waals surface area contributed by atoms with Crippen molar-refractivity contribution in [3.8, 4) is 16.9 Å². The van der Waals surface area contributed by atoms with Gasteiger partial charge in [0.25, 0.3) is 5.56 Å². The fourth-order valence-corrected chi connectivity index (χ4v) is 2.69. The van der Waals surface area contributed by atoms with Crippen LogP contribution in [0.1, 0.15) is 16.8 Å². The number of halogens is 1. The zero-order valence-corrected chi connectivity index (χ0v) is 13.5. The molecule has 0 spiro atoms. The second-order valence-electron chi connectivity index (χ2n) is 5.50. The Labute approximate surface area is 138 Å². The molecule has 0 bridgehead atoms. The van der Waals surface area contributed by atoms with Crippen LogP contribution in [0.4, 0.5) is 4.39 Å². The highest BCUT2D eigenvalue weighted by Crippen LogP contribution is 2.25. The van der Waals surface area contributed by atoms with E-state index in [9.17, 15) is 9.18 Å². The maximum atomic E-state index is 13.9. The van der Waals surface area contributed by atoms with Crippen LogP contribution in [-0.2, 0) is 6.42 Å². The number of rotatable bonds is 4. The summed E-state index contributed by atoms with van der Waals surface area (Å²) < 4.78 is 19.1. The van der Waals surface area contributed by atoms with Crippen LogP contribution in [0.2, 0.25) is 0 Å². The minimum atomic E-state index is -0.284. The van der Waals surface area contributed by atoms with Crippen LogP contribution in [0.25, 0.3) is 11.1 Å². The molecule has 0 aliphatic rings. The van der Waals surface area contributed by atoms with E-state index in [1.54, 1.807) is 31.4 Å². The van der Waals surface area contributed by atoms with Gasteiger partial charge in [0.1, 0.15) is 11.6 Å². The number of hydrogen-bond donors (Lipinski definition) is 1. The average Bonchev–Trinajstić information content (AvgIpc) is 2.59. The van der Waals surface area contributed by atoms with Crippen LogP contribution in [-0.4, -0.2) is 17.3 Å². The number of methoxy groups -OCH3 is 1. The van der Waals surface area contributed by atoms with Crippen LogP contribution in [0, 0.1) is 12.7 Å². The van der Waals surface area contributed by atoms with E-state index >= 15 is 0 Å². The molecule has 4 nitrogen and oxygen atoms in total. The fourth-order valence-electron chi connectivity index (χ4n) is 2.69. The Morgan fingerprint density at radius 1 is 1.17 bits per heavy atom. The van der Waals surface area contributed by atoms with E-state index < -0.39 is 0 Å². The van der Waals surface area contributed by atoms with Crippen LogP contribution in [0.3, 0.4) is 0 Å². The molecule has 0 saturated carbocycles. The number of nitrogens with zero attached hydrogens (tertiary/aromatic N) is 1. The van der Waals surface area contributed by atoms with E-state index in [1.807, 2.05) is 25.1 Å². The van der Waals surface area contributed by atoms with E-state index in [1.165, 1.54) is 6.07 Å². The number of ether oxygens (including phenoxy) is 1. The van der Waals surface area contributed by atoms with Gasteiger partial charge in [-0.25, -0.2) is 9.49 Å². The van der Waals surface area contributed by atoms with Crippen molar-refractivity contribution in [1.29, 1.82) is 0 Å². The van der Waals surface area contributed by atoms with Crippen molar-refractivity contribution in [1.82, 2.24) is 10.2 Å². The molecule has 0 aliphatic heterocycles. The monoisotopic (exact) mass is 324 g/mol. The number of nitrogens with one attached hydrogen (secondary N) is 1. The Kier molecular flexibility index (Phi) is 4.42. The highest BCUT2D eigenvalue weighted by atomic mass is 19.1. The molecule has 0 amide bonds. The van der Waals surface area contributed by atoms with Crippen molar-refractivity contribution in [2.75, 3.05) is 7.11 Å². The molecule has 1 heterocycles. The molecule has 5 heteroatoms. The normalized spacial score (nSPS) is 10.6. The topological polar surface area (TPSA) is 55.0 Å². The molecular weight excluding hydrogens is 307 g/mol. The van der Waals surface area contributed by atoms with E-state index in [-0.39, 0.29) is 11.4 Å². The van der Waals surface area contributed by atoms with Gasteiger partial charge in [-0.3, -0.25) is 4.79 Å². The van der Waals surface area contributed by atoms with Crippen molar-refractivity contribution < 1.29 is 9.13 Å². The van der Waals surface area contributed by atoms with Gasteiger partial charge in [0, 0.05) is 6.42 Å². The van der Waals surface area contributed by atoms with Gasteiger partial charge < -0.3 is 4.74 Å². The van der Waals surface area contributed by atoms with Crippen molar-refractivity contribution in [3.05, 3.63) is 81.5 Å². The number of H-pyrrole nitrogens is 1. The maximum Gasteiger partial charge on any atom is 0.272 e. The summed E-state index contributed by atoms with van der Waals surface area (Å²) in [4.78, 5) is 12.3. The molecule has 1 N–H and O–H groups in total. The van der Waals surface area contributed by atoms with Gasteiger partial charge >= 0.3 is 0 Å². The summed E-state index contributed by atoms with van der Waals surface area (Å²) in [6, 6.07) is 13.8. The lowest BCUT2D eigenvalue weighted by Gasteiger charge is -2.11. The molecule has 0 unspecified atom stereocenters. The van der Waals surface area contributed by atoms with Gasteiger partial charge in [0.2, 0.25) is 0 Å². The van der Waals surface area contributed by atoms with Crippen molar-refractivity contribution in [2.24, 2.45) is 0 Å². The number of benzene rings is 2. The minimum absolute atomic E-state index is 0.280. The summed E-state index contributed by atoms with van der Waals surface area (Å²) in [6.07, 6.45) is 0.312. The Balaban J connectivity index is 2.08. The fraction of sp³-hybridized carbons (Fsp3) is 0.158. The molecule has 2 aromatic carbocycles. The minimum Gasteiger partial charge on any atom is -0.497 e. The first-order valence-electron chi connectivity index (χ1n) is 7.56. The summed E-state index contributed by atoms with van der Waals surface area (Å²) in [5.74, 6) is 0.381. The van der Waals surface area contributed by atoms with Gasteiger partial charge in [-0.1, -0.05) is 30.3 Å². The Morgan fingerprint density at radius 2 is 1.96 bits per heavy atom. The zero-order valence-electron chi connectivity index (χ0n) is 13.5. The van der Waals surface area contributed by atoms with E-state index in [4.69, 9.17) is 4.74 Å². The molecule has 3 rings (SSSR count). The highest BCUT2D eigenvalue weighted by molar-refractivity contribution is 5.68. The van der Waals surface area contributed by atoms with Crippen molar-refractivity contribution in [3.63, 3.8) is 0 Å². The summed E-state index contributed by atoms with van der Waals surface area (Å²) in [6.45, 7) is 1.83. The zero-order chi connectivity index (χ0) is 17.1. The molecule has 24 heavy (non-hydrogen) atoms. The summed E-state index contributed by atoms with van der Waals surface area (Å²) in [5.41, 5.74) is 2.89. The molecule has 122 valence electrons. The van der Waals surface area contributed by atoms with Crippen LogP contribution in [0.15, 0.2) is 53.3 Å². The maximum absolute atomic E-state index is 13.9. The van der Waals surface area contributed by atoms with Crippen molar-refractivity contribution >= 4 is 0 Å². The van der Waals surface area contributed by atoms with Crippen LogP contribution < -0.4 is 10.3 Å². The number of hydrogen-bond acceptors (Lipinski definition) is 3. The van der Waals surface area contributed by atoms with Gasteiger partial charge in [-0.15, -0.1) is 0 Å². The Bertz CT molecular complexity index is 935. The van der Waals surface area contributed by atoms with Gasteiger partial charge in [0.05, 0.1) is 18.4 Å². The second-order valence-corrected chi connectivity index (χ2v) is 5.50. The van der Waals surface area contributed by atoms with Gasteiger partial charge in [-0.2, -0.15) is 5.10 Å². The SMILES string of the molecule is COc1cccc(-c2c(C)c(Cc3ccccc3F)n[nH]c2=O)c1. The second kappa shape index (κ2) is 6.66. The Hall–Kier alpha value is -2.95. The van der Waals surface area contributed by atoms with E-state index in [0.29, 0.717) is 29.0 Å². The molecule has 3 aromatic rings. The third-order valence-electron chi connectivity index (χ3n) is 4.00. The predicted molar refractivity (Wildman–Crippen MR) is 90.8 cm³/mol. The number of aromatic amines is 1. The van der Waals surface area contributed by atoms with E-state index in [0.717, 1.165) is 11.1 Å². The summed E-state index contributed by atoms with van der Waals surface area (Å²) in [5, 5.41) is 6.62. The molecule has 1 aromatic heterocycles. The molecular formula is C19H17FN2O2. The van der Waals surface area contributed by atoms with Gasteiger partial charge in [-0.05, 0) is 41.8 Å². The van der Waals surface area contributed by atoms with Crippen LogP contribution >= 0.6 is 0 Å². The molecule has 0 aliphatic carbocycles. The van der Waals surface area contributed by atoms with Gasteiger partial charge in [0.15, 0.2) is 0 Å². The third-order valence-corrected chi connectivity index (χ3v) is 4.00. The molecule has 0 atom stereocenters. The average molecular weight is 324 g/mol. The third kappa shape index (κ3) is 3.06. The lowest BCUT2D eigenvalue weighted by molar-refractivity contribution is 0.415. The largest absolute Gasteiger partial charge is 0.497 e. The van der Waals surface area contributed by atoms with Crippen molar-refractivity contribution in [2.45, 2.75) is 13.3 Å². The standard InChI is InChI=1S/C19H17FN2O2/c1-12-17(11-13-6-3-4-9-16(13)20)21-22-19(23)18(12)14-7-5-8-15(10-14)24-2/h3-10H,11H2,1-2H3,(H,22,23). The Morgan fingerprint density at radius 3 is 2.71 bits per heavy atom. The first-order valence-corrected chi connectivity index (χ1v) is 7.56. The summed E-state index contributed by atoms with van der Waals surface area (Å²) >= 11 is 0. The quantitative estimate of drug-likeness (QED) is 0.799. The lowest BCUT2D eigenvalue weighted by atomic mass is 9.98. The first kappa shape index (κ1) is 15.9. The predicted octanol–water partition coefficient (Wildman–Crippen LogP) is 3.48.